The van der Waals surface area contributed by atoms with Gasteiger partial charge < -0.3 is 10.3 Å². The number of nitrogens with one attached hydrogen (secondary N) is 2. The van der Waals surface area contributed by atoms with Crippen LogP contribution >= 0.6 is 27.7 Å². The fraction of sp³-hybridized carbons (Fsp3) is 0.0526. The molecule has 0 aliphatic carbocycles. The van der Waals surface area contributed by atoms with Crippen molar-refractivity contribution in [1.82, 2.24) is 9.97 Å². The van der Waals surface area contributed by atoms with Gasteiger partial charge in [0.1, 0.15) is 0 Å². The summed E-state index contributed by atoms with van der Waals surface area (Å²) in [6.07, 6.45) is 0. The maximum Gasteiger partial charge on any atom is 0.234 e. The Balaban J connectivity index is 1.48. The molecule has 4 aromatic rings. The molecule has 25 heavy (non-hydrogen) atoms. The number of carbonyl (C=O) groups is 1. The second-order valence-corrected chi connectivity index (χ2v) is 7.35. The van der Waals surface area contributed by atoms with Gasteiger partial charge in [-0.25, -0.2) is 4.98 Å². The average molecular weight is 412 g/mol. The molecule has 0 aliphatic heterocycles. The van der Waals surface area contributed by atoms with Crippen LogP contribution in [0.3, 0.4) is 0 Å². The van der Waals surface area contributed by atoms with Crippen molar-refractivity contribution < 1.29 is 4.79 Å². The maximum absolute atomic E-state index is 12.3. The molecule has 0 saturated heterocycles. The Kier molecular flexibility index (Phi) is 4.46. The number of aromatic nitrogens is 2. The van der Waals surface area contributed by atoms with Crippen LogP contribution in [-0.2, 0) is 4.79 Å². The molecule has 1 amide bonds. The highest BCUT2D eigenvalue weighted by Crippen LogP contribution is 2.30. The number of para-hydroxylation sites is 2. The van der Waals surface area contributed by atoms with Gasteiger partial charge in [0.15, 0.2) is 5.16 Å². The minimum atomic E-state index is -0.0575. The van der Waals surface area contributed by atoms with E-state index >= 15 is 0 Å². The van der Waals surface area contributed by atoms with Crippen LogP contribution in [0.1, 0.15) is 0 Å². The van der Waals surface area contributed by atoms with Crippen molar-refractivity contribution in [2.45, 2.75) is 5.16 Å². The number of thioether (sulfide) groups is 1. The summed E-state index contributed by atoms with van der Waals surface area (Å²) in [5, 5.41) is 5.83. The van der Waals surface area contributed by atoms with Crippen LogP contribution in [-0.4, -0.2) is 21.6 Å². The number of aromatic amines is 1. The highest BCUT2D eigenvalue weighted by atomic mass is 79.9. The number of H-pyrrole nitrogens is 1. The molecule has 0 spiro atoms. The highest BCUT2D eigenvalue weighted by Gasteiger charge is 2.10. The molecular formula is C19H14BrN3OS. The SMILES string of the molecule is O=C(CSc1nc2ccccc2[nH]1)Nc1ccc(Br)c2ccccc12. The Bertz CT molecular complexity index is 1040. The molecule has 1 aromatic heterocycles. The quantitative estimate of drug-likeness (QED) is 0.453. The number of halogens is 1. The van der Waals surface area contributed by atoms with Gasteiger partial charge in [0.25, 0.3) is 0 Å². The van der Waals surface area contributed by atoms with Crippen molar-refractivity contribution >= 4 is 61.1 Å². The number of anilines is 1. The molecule has 1 heterocycles. The Labute approximate surface area is 157 Å². The second kappa shape index (κ2) is 6.90. The largest absolute Gasteiger partial charge is 0.333 e. The first-order valence-corrected chi connectivity index (χ1v) is 9.53. The Morgan fingerprint density at radius 3 is 2.64 bits per heavy atom. The number of fused-ring (bicyclic) bond motifs is 2. The van der Waals surface area contributed by atoms with Crippen molar-refractivity contribution in [2.24, 2.45) is 0 Å². The lowest BCUT2D eigenvalue weighted by atomic mass is 10.1. The summed E-state index contributed by atoms with van der Waals surface area (Å²) in [7, 11) is 0. The first kappa shape index (κ1) is 16.2. The van der Waals surface area contributed by atoms with Crippen LogP contribution in [0.25, 0.3) is 21.8 Å². The van der Waals surface area contributed by atoms with Crippen LogP contribution in [0.15, 0.2) is 70.3 Å². The molecule has 4 nitrogen and oxygen atoms in total. The molecule has 124 valence electrons. The third-order valence-corrected chi connectivity index (χ3v) is 5.42. The molecule has 3 aromatic carbocycles. The number of benzene rings is 3. The molecule has 0 saturated carbocycles. The van der Waals surface area contributed by atoms with Crippen LogP contribution in [0.5, 0.6) is 0 Å². The number of nitrogens with zero attached hydrogens (tertiary/aromatic N) is 1. The summed E-state index contributed by atoms with van der Waals surface area (Å²) in [5.74, 6) is 0.238. The zero-order chi connectivity index (χ0) is 17.2. The summed E-state index contributed by atoms with van der Waals surface area (Å²) >= 11 is 4.94. The fourth-order valence-electron chi connectivity index (χ4n) is 2.69. The lowest BCUT2D eigenvalue weighted by Crippen LogP contribution is -2.14. The smallest absolute Gasteiger partial charge is 0.234 e. The predicted octanol–water partition coefficient (Wildman–Crippen LogP) is 5.21. The van der Waals surface area contributed by atoms with Crippen LogP contribution in [0.4, 0.5) is 5.69 Å². The van der Waals surface area contributed by atoms with E-state index in [1.54, 1.807) is 0 Å². The molecule has 0 fully saturated rings. The van der Waals surface area contributed by atoms with Crippen molar-refractivity contribution in [3.63, 3.8) is 0 Å². The van der Waals surface area contributed by atoms with Gasteiger partial charge in [0.05, 0.1) is 16.8 Å². The van der Waals surface area contributed by atoms with Crippen molar-refractivity contribution in [1.29, 1.82) is 0 Å². The number of hydrogen-bond donors (Lipinski definition) is 2. The van der Waals surface area contributed by atoms with E-state index in [-0.39, 0.29) is 5.91 Å². The zero-order valence-corrected chi connectivity index (χ0v) is 15.5. The van der Waals surface area contributed by atoms with Gasteiger partial charge in [-0.2, -0.15) is 0 Å². The first-order valence-electron chi connectivity index (χ1n) is 7.75. The molecular weight excluding hydrogens is 398 g/mol. The summed E-state index contributed by atoms with van der Waals surface area (Å²) in [5.41, 5.74) is 2.70. The Hall–Kier alpha value is -2.31. The van der Waals surface area contributed by atoms with Gasteiger partial charge in [-0.1, -0.05) is 64.1 Å². The van der Waals surface area contributed by atoms with E-state index < -0.39 is 0 Å². The predicted molar refractivity (Wildman–Crippen MR) is 107 cm³/mol. The summed E-state index contributed by atoms with van der Waals surface area (Å²) < 4.78 is 1.01. The summed E-state index contributed by atoms with van der Waals surface area (Å²) in [6, 6.07) is 19.7. The lowest BCUT2D eigenvalue weighted by Gasteiger charge is -2.09. The minimum absolute atomic E-state index is 0.0575. The maximum atomic E-state index is 12.3. The number of carbonyl (C=O) groups excluding carboxylic acids is 1. The van der Waals surface area contributed by atoms with Gasteiger partial charge in [0, 0.05) is 15.5 Å². The lowest BCUT2D eigenvalue weighted by molar-refractivity contribution is -0.113. The van der Waals surface area contributed by atoms with Gasteiger partial charge in [-0.15, -0.1) is 0 Å². The number of imidazole rings is 1. The van der Waals surface area contributed by atoms with Gasteiger partial charge in [0.2, 0.25) is 5.91 Å². The third-order valence-electron chi connectivity index (χ3n) is 3.85. The third kappa shape index (κ3) is 3.41. The molecule has 4 rings (SSSR count). The Morgan fingerprint density at radius 1 is 1.04 bits per heavy atom. The molecule has 0 unspecified atom stereocenters. The normalized spacial score (nSPS) is 11.1. The summed E-state index contributed by atoms with van der Waals surface area (Å²) in [4.78, 5) is 20.0. The molecule has 6 heteroatoms. The van der Waals surface area contributed by atoms with Gasteiger partial charge in [-0.3, -0.25) is 4.79 Å². The van der Waals surface area contributed by atoms with E-state index in [1.165, 1.54) is 11.8 Å². The second-order valence-electron chi connectivity index (χ2n) is 5.54. The first-order chi connectivity index (χ1) is 12.2. The van der Waals surface area contributed by atoms with Crippen LogP contribution in [0.2, 0.25) is 0 Å². The fourth-order valence-corrected chi connectivity index (χ4v) is 3.85. The number of rotatable bonds is 4. The van der Waals surface area contributed by atoms with E-state index in [2.05, 4.69) is 31.2 Å². The molecule has 0 aliphatic rings. The minimum Gasteiger partial charge on any atom is -0.333 e. The molecule has 2 N–H and O–H groups in total. The van der Waals surface area contributed by atoms with Crippen LogP contribution < -0.4 is 5.32 Å². The van der Waals surface area contributed by atoms with E-state index in [0.717, 1.165) is 37.1 Å². The van der Waals surface area contributed by atoms with Crippen molar-refractivity contribution in [3.05, 3.63) is 65.1 Å². The monoisotopic (exact) mass is 411 g/mol. The zero-order valence-electron chi connectivity index (χ0n) is 13.1. The average Bonchev–Trinajstić information content (AvgIpc) is 3.06. The number of hydrogen-bond acceptors (Lipinski definition) is 3. The number of amides is 1. The van der Waals surface area contributed by atoms with Crippen molar-refractivity contribution in [3.8, 4) is 0 Å². The van der Waals surface area contributed by atoms with Crippen LogP contribution in [0, 0.1) is 0 Å². The van der Waals surface area contributed by atoms with Gasteiger partial charge in [-0.05, 0) is 29.7 Å². The highest BCUT2D eigenvalue weighted by molar-refractivity contribution is 9.10. The van der Waals surface area contributed by atoms with E-state index in [0.29, 0.717) is 5.75 Å². The van der Waals surface area contributed by atoms with Crippen molar-refractivity contribution in [2.75, 3.05) is 11.1 Å². The molecule has 0 radical (unpaired) electrons. The summed E-state index contributed by atoms with van der Waals surface area (Å²) in [6.45, 7) is 0. The topological polar surface area (TPSA) is 57.8 Å². The van der Waals surface area contributed by atoms with E-state index in [9.17, 15) is 4.79 Å². The van der Waals surface area contributed by atoms with E-state index in [4.69, 9.17) is 0 Å². The standard InChI is InChI=1S/C19H14BrN3OS/c20-14-9-10-15(13-6-2-1-5-12(13)14)21-18(24)11-25-19-22-16-7-3-4-8-17(16)23-19/h1-10H,11H2,(H,21,24)(H,22,23). The molecule has 0 bridgehead atoms. The van der Waals surface area contributed by atoms with E-state index in [1.807, 2.05) is 60.7 Å². The van der Waals surface area contributed by atoms with Gasteiger partial charge >= 0.3 is 0 Å². The Morgan fingerprint density at radius 2 is 1.80 bits per heavy atom. The molecule has 0 atom stereocenters.